The fourth-order valence-corrected chi connectivity index (χ4v) is 3.10. The Balaban J connectivity index is 1.86. The number of pyridine rings is 1. The number of aromatic nitrogens is 1. The van der Waals surface area contributed by atoms with Crippen LogP contribution in [0.15, 0.2) is 46.3 Å². The van der Waals surface area contributed by atoms with Crippen molar-refractivity contribution in [1.82, 2.24) is 4.98 Å². The third-order valence-electron chi connectivity index (χ3n) is 3.04. The molecule has 1 aliphatic carbocycles. The number of aryl methyl sites for hydroxylation is 2. The molecule has 2 aromatic rings. The molecule has 1 aromatic heterocycles. The van der Waals surface area contributed by atoms with E-state index >= 15 is 0 Å². The van der Waals surface area contributed by atoms with Gasteiger partial charge in [-0.25, -0.2) is 4.98 Å². The molecule has 17 heavy (non-hydrogen) atoms. The lowest BCUT2D eigenvalue weighted by Gasteiger charge is -2.04. The van der Waals surface area contributed by atoms with Crippen molar-refractivity contribution < 1.29 is 0 Å². The van der Waals surface area contributed by atoms with E-state index in [4.69, 9.17) is 5.73 Å². The zero-order chi connectivity index (χ0) is 11.7. The number of fused-ring (bicyclic) bond motifs is 1. The molecule has 3 heteroatoms. The molecule has 2 N–H and O–H groups in total. The number of rotatable bonds is 2. The summed E-state index contributed by atoms with van der Waals surface area (Å²) in [5.41, 5.74) is 8.69. The molecule has 0 bridgehead atoms. The van der Waals surface area contributed by atoms with Crippen molar-refractivity contribution in [1.29, 1.82) is 0 Å². The van der Waals surface area contributed by atoms with Crippen molar-refractivity contribution in [3.05, 3.63) is 47.5 Å². The highest BCUT2D eigenvalue weighted by Gasteiger charge is 2.11. The summed E-state index contributed by atoms with van der Waals surface area (Å²) in [6.07, 6.45) is 3.74. The SMILES string of the molecule is Nc1cccc(Sc2ccc3c(c2)CCC3)n1. The molecule has 2 nitrogen and oxygen atoms in total. The van der Waals surface area contributed by atoms with Crippen molar-refractivity contribution in [2.24, 2.45) is 0 Å². The van der Waals surface area contributed by atoms with Crippen molar-refractivity contribution in [3.63, 3.8) is 0 Å². The maximum absolute atomic E-state index is 5.68. The van der Waals surface area contributed by atoms with Gasteiger partial charge in [-0.15, -0.1) is 0 Å². The first-order valence-electron chi connectivity index (χ1n) is 5.83. The van der Waals surface area contributed by atoms with Gasteiger partial charge in [0, 0.05) is 4.90 Å². The van der Waals surface area contributed by atoms with E-state index in [0.717, 1.165) is 5.03 Å². The Morgan fingerprint density at radius 2 is 1.94 bits per heavy atom. The first-order valence-corrected chi connectivity index (χ1v) is 6.65. The summed E-state index contributed by atoms with van der Waals surface area (Å²) in [5.74, 6) is 0.580. The molecule has 1 heterocycles. The molecular weight excluding hydrogens is 228 g/mol. The lowest BCUT2D eigenvalue weighted by atomic mass is 10.1. The van der Waals surface area contributed by atoms with Crippen molar-refractivity contribution in [2.45, 2.75) is 29.2 Å². The van der Waals surface area contributed by atoms with E-state index in [2.05, 4.69) is 23.2 Å². The second-order valence-electron chi connectivity index (χ2n) is 4.29. The van der Waals surface area contributed by atoms with E-state index in [9.17, 15) is 0 Å². The predicted octanol–water partition coefficient (Wildman–Crippen LogP) is 3.30. The Morgan fingerprint density at radius 1 is 1.06 bits per heavy atom. The van der Waals surface area contributed by atoms with Gasteiger partial charge in [0.2, 0.25) is 0 Å². The molecule has 0 saturated carbocycles. The fourth-order valence-electron chi connectivity index (χ4n) is 2.22. The lowest BCUT2D eigenvalue weighted by molar-refractivity contribution is 0.911. The number of nitrogens with zero attached hydrogens (tertiary/aromatic N) is 1. The Kier molecular flexibility index (Phi) is 2.77. The first-order chi connectivity index (χ1) is 8.31. The largest absolute Gasteiger partial charge is 0.384 e. The van der Waals surface area contributed by atoms with Gasteiger partial charge in [0.15, 0.2) is 0 Å². The maximum Gasteiger partial charge on any atom is 0.124 e. The van der Waals surface area contributed by atoms with Crippen LogP contribution < -0.4 is 5.73 Å². The van der Waals surface area contributed by atoms with Gasteiger partial charge in [0.25, 0.3) is 0 Å². The number of benzene rings is 1. The quantitative estimate of drug-likeness (QED) is 0.878. The van der Waals surface area contributed by atoms with E-state index < -0.39 is 0 Å². The van der Waals surface area contributed by atoms with Gasteiger partial charge in [-0.05, 0) is 54.7 Å². The third-order valence-corrected chi connectivity index (χ3v) is 3.96. The minimum atomic E-state index is 0.580. The van der Waals surface area contributed by atoms with E-state index in [-0.39, 0.29) is 0 Å². The molecule has 0 atom stereocenters. The average Bonchev–Trinajstić information content (AvgIpc) is 2.76. The zero-order valence-electron chi connectivity index (χ0n) is 9.52. The van der Waals surface area contributed by atoms with Crippen LogP contribution in [-0.4, -0.2) is 4.98 Å². The van der Waals surface area contributed by atoms with Crippen LogP contribution in [-0.2, 0) is 12.8 Å². The Bertz CT molecular complexity index is 552. The molecule has 86 valence electrons. The van der Waals surface area contributed by atoms with Crippen LogP contribution >= 0.6 is 11.8 Å². The summed E-state index contributed by atoms with van der Waals surface area (Å²) in [6.45, 7) is 0. The summed E-state index contributed by atoms with van der Waals surface area (Å²) < 4.78 is 0. The standard InChI is InChI=1S/C14H14N2S/c15-13-5-2-6-14(16-13)17-12-8-7-10-3-1-4-11(10)9-12/h2,5-9H,1,3-4H2,(H2,15,16). The fraction of sp³-hybridized carbons (Fsp3) is 0.214. The topological polar surface area (TPSA) is 38.9 Å². The lowest BCUT2D eigenvalue weighted by Crippen LogP contribution is -1.90. The van der Waals surface area contributed by atoms with Crippen LogP contribution in [0.1, 0.15) is 17.5 Å². The van der Waals surface area contributed by atoms with E-state index in [1.165, 1.54) is 35.3 Å². The summed E-state index contributed by atoms with van der Waals surface area (Å²) in [6, 6.07) is 12.5. The van der Waals surface area contributed by atoms with Crippen LogP contribution in [0.3, 0.4) is 0 Å². The monoisotopic (exact) mass is 242 g/mol. The number of hydrogen-bond acceptors (Lipinski definition) is 3. The van der Waals surface area contributed by atoms with Gasteiger partial charge in [-0.3, -0.25) is 0 Å². The Hall–Kier alpha value is -1.48. The van der Waals surface area contributed by atoms with Crippen LogP contribution in [0.25, 0.3) is 0 Å². The predicted molar refractivity (Wildman–Crippen MR) is 71.2 cm³/mol. The van der Waals surface area contributed by atoms with Gasteiger partial charge in [0.05, 0.1) is 0 Å². The minimum absolute atomic E-state index is 0.580. The third kappa shape index (κ3) is 2.29. The van der Waals surface area contributed by atoms with Crippen LogP contribution in [0.5, 0.6) is 0 Å². The van der Waals surface area contributed by atoms with Crippen LogP contribution in [0.4, 0.5) is 5.82 Å². The molecule has 0 aliphatic heterocycles. The van der Waals surface area contributed by atoms with E-state index in [0.29, 0.717) is 5.82 Å². The highest BCUT2D eigenvalue weighted by Crippen LogP contribution is 2.31. The van der Waals surface area contributed by atoms with Crippen molar-refractivity contribution in [2.75, 3.05) is 5.73 Å². The van der Waals surface area contributed by atoms with Crippen LogP contribution in [0, 0.1) is 0 Å². The molecule has 0 fully saturated rings. The summed E-state index contributed by atoms with van der Waals surface area (Å²) in [5, 5.41) is 0.961. The van der Waals surface area contributed by atoms with Crippen molar-refractivity contribution >= 4 is 17.6 Å². The average molecular weight is 242 g/mol. The summed E-state index contributed by atoms with van der Waals surface area (Å²) in [7, 11) is 0. The number of nitrogen functional groups attached to an aromatic ring is 1. The van der Waals surface area contributed by atoms with E-state index in [1.807, 2.05) is 18.2 Å². The number of hydrogen-bond donors (Lipinski definition) is 1. The summed E-state index contributed by atoms with van der Waals surface area (Å²) in [4.78, 5) is 5.56. The minimum Gasteiger partial charge on any atom is -0.384 e. The molecule has 0 saturated heterocycles. The van der Waals surface area contributed by atoms with Gasteiger partial charge in [0.1, 0.15) is 10.8 Å². The number of nitrogens with two attached hydrogens (primary N) is 1. The molecule has 1 aliphatic rings. The molecule has 3 rings (SSSR count). The normalized spacial score (nSPS) is 13.6. The molecule has 0 radical (unpaired) electrons. The van der Waals surface area contributed by atoms with Gasteiger partial charge >= 0.3 is 0 Å². The van der Waals surface area contributed by atoms with Gasteiger partial charge in [-0.1, -0.05) is 23.9 Å². The molecule has 0 unspecified atom stereocenters. The Morgan fingerprint density at radius 3 is 2.82 bits per heavy atom. The Labute approximate surface area is 105 Å². The molecular formula is C14H14N2S. The zero-order valence-corrected chi connectivity index (χ0v) is 10.3. The highest BCUT2D eigenvalue weighted by molar-refractivity contribution is 7.99. The van der Waals surface area contributed by atoms with Gasteiger partial charge < -0.3 is 5.73 Å². The van der Waals surface area contributed by atoms with E-state index in [1.54, 1.807) is 11.8 Å². The van der Waals surface area contributed by atoms with Crippen molar-refractivity contribution in [3.8, 4) is 0 Å². The van der Waals surface area contributed by atoms with Gasteiger partial charge in [-0.2, -0.15) is 0 Å². The highest BCUT2D eigenvalue weighted by atomic mass is 32.2. The molecule has 0 spiro atoms. The second kappa shape index (κ2) is 4.41. The maximum atomic E-state index is 5.68. The smallest absolute Gasteiger partial charge is 0.124 e. The number of anilines is 1. The molecule has 1 aromatic carbocycles. The second-order valence-corrected chi connectivity index (χ2v) is 5.38. The summed E-state index contributed by atoms with van der Waals surface area (Å²) >= 11 is 1.68. The van der Waals surface area contributed by atoms with Crippen LogP contribution in [0.2, 0.25) is 0 Å². The first kappa shape index (κ1) is 10.7. The molecule has 0 amide bonds.